The first-order valence-electron chi connectivity index (χ1n) is 6.09. The zero-order chi connectivity index (χ0) is 13.2. The third-order valence-corrected chi connectivity index (χ3v) is 4.04. The third kappa shape index (κ3) is 2.45. The van der Waals surface area contributed by atoms with Crippen molar-refractivity contribution >= 4 is 28.1 Å². The fourth-order valence-corrected chi connectivity index (χ4v) is 3.02. The largest absolute Gasteiger partial charge is 0.398 e. The molecule has 19 heavy (non-hydrogen) atoms. The molecule has 1 aliphatic heterocycles. The van der Waals surface area contributed by atoms with E-state index < -0.39 is 0 Å². The highest BCUT2D eigenvalue weighted by atomic mass is 32.1. The number of nitrogens with two attached hydrogens (primary N) is 1. The minimum Gasteiger partial charge on any atom is -0.398 e. The van der Waals surface area contributed by atoms with E-state index in [0.29, 0.717) is 16.4 Å². The van der Waals surface area contributed by atoms with Crippen LogP contribution in [0.15, 0.2) is 24.3 Å². The maximum absolute atomic E-state index is 12.1. The molecule has 6 heteroatoms. The van der Waals surface area contributed by atoms with E-state index in [1.54, 1.807) is 24.3 Å². The van der Waals surface area contributed by atoms with E-state index in [0.717, 1.165) is 25.2 Å². The predicted octanol–water partition coefficient (Wildman–Crippen LogP) is 1.62. The van der Waals surface area contributed by atoms with Crippen LogP contribution in [0.5, 0.6) is 0 Å². The molecule has 0 saturated carbocycles. The first-order chi connectivity index (χ1) is 9.24. The minimum atomic E-state index is -0.211. The molecule has 1 aromatic carbocycles. The van der Waals surface area contributed by atoms with Crippen LogP contribution in [0.25, 0.3) is 0 Å². The minimum absolute atomic E-state index is 0.211. The summed E-state index contributed by atoms with van der Waals surface area (Å²) in [5.41, 5.74) is 7.82. The van der Waals surface area contributed by atoms with Gasteiger partial charge in [-0.2, -0.15) is 0 Å². The highest BCUT2D eigenvalue weighted by Gasteiger charge is 2.17. The molecule has 4 N–H and O–H groups in total. The van der Waals surface area contributed by atoms with Crippen LogP contribution in [0.2, 0.25) is 0 Å². The van der Waals surface area contributed by atoms with Crippen LogP contribution >= 0.6 is 11.3 Å². The highest BCUT2D eigenvalue weighted by molar-refractivity contribution is 7.15. The van der Waals surface area contributed by atoms with Crippen LogP contribution < -0.4 is 16.4 Å². The van der Waals surface area contributed by atoms with Crippen LogP contribution in [-0.2, 0) is 13.0 Å². The number of amides is 1. The molecule has 0 fully saturated rings. The summed E-state index contributed by atoms with van der Waals surface area (Å²) < 4.78 is 0. The number of benzene rings is 1. The van der Waals surface area contributed by atoms with Crippen molar-refractivity contribution in [2.75, 3.05) is 17.6 Å². The van der Waals surface area contributed by atoms with E-state index in [9.17, 15) is 4.79 Å². The number of anilines is 2. The molecule has 2 heterocycles. The monoisotopic (exact) mass is 274 g/mol. The van der Waals surface area contributed by atoms with Crippen molar-refractivity contribution in [3.63, 3.8) is 0 Å². The van der Waals surface area contributed by atoms with Gasteiger partial charge in [0.25, 0.3) is 5.91 Å². The van der Waals surface area contributed by atoms with E-state index in [1.165, 1.54) is 16.2 Å². The molecule has 98 valence electrons. The normalized spacial score (nSPS) is 13.9. The summed E-state index contributed by atoms with van der Waals surface area (Å²) in [6.45, 7) is 1.77. The van der Waals surface area contributed by atoms with Crippen LogP contribution in [0, 0.1) is 0 Å². The average molecular weight is 274 g/mol. The summed E-state index contributed by atoms with van der Waals surface area (Å²) in [6, 6.07) is 7.02. The number of carbonyl (C=O) groups excluding carboxylic acids is 1. The number of hydrogen-bond acceptors (Lipinski definition) is 5. The molecule has 5 nitrogen and oxygen atoms in total. The molecular formula is C13H14N4OS. The van der Waals surface area contributed by atoms with E-state index in [-0.39, 0.29) is 5.91 Å². The number of fused-ring (bicyclic) bond motifs is 1. The number of para-hydroxylation sites is 1. The molecule has 0 radical (unpaired) electrons. The van der Waals surface area contributed by atoms with Gasteiger partial charge in [-0.1, -0.05) is 12.1 Å². The molecule has 0 unspecified atom stereocenters. The van der Waals surface area contributed by atoms with Gasteiger partial charge in [0.2, 0.25) is 0 Å². The fourth-order valence-electron chi connectivity index (χ4n) is 2.05. The summed E-state index contributed by atoms with van der Waals surface area (Å²) in [4.78, 5) is 17.8. The number of carbonyl (C=O) groups is 1. The first kappa shape index (κ1) is 12.1. The number of nitrogen functional groups attached to an aromatic ring is 1. The standard InChI is InChI=1S/C13H14N4OS/c14-9-4-2-1-3-8(9)12(18)17-13-16-10-5-6-15-7-11(10)19-13/h1-4,15H,5-7,14H2,(H,16,17,18). The van der Waals surface area contributed by atoms with E-state index >= 15 is 0 Å². The lowest BCUT2D eigenvalue weighted by Crippen LogP contribution is -2.22. The summed E-state index contributed by atoms with van der Waals surface area (Å²) >= 11 is 1.52. The first-order valence-corrected chi connectivity index (χ1v) is 6.91. The van der Waals surface area contributed by atoms with Crippen molar-refractivity contribution < 1.29 is 4.79 Å². The Kier molecular flexibility index (Phi) is 3.18. The smallest absolute Gasteiger partial charge is 0.259 e. The number of nitrogens with one attached hydrogen (secondary N) is 2. The van der Waals surface area contributed by atoms with Gasteiger partial charge in [-0.25, -0.2) is 4.98 Å². The number of rotatable bonds is 2. The van der Waals surface area contributed by atoms with Gasteiger partial charge in [-0.3, -0.25) is 10.1 Å². The Morgan fingerprint density at radius 2 is 2.26 bits per heavy atom. The van der Waals surface area contributed by atoms with Crippen LogP contribution in [-0.4, -0.2) is 17.4 Å². The van der Waals surface area contributed by atoms with Crippen molar-refractivity contribution in [1.82, 2.24) is 10.3 Å². The van der Waals surface area contributed by atoms with Crippen molar-refractivity contribution in [3.8, 4) is 0 Å². The van der Waals surface area contributed by atoms with Gasteiger partial charge in [0, 0.05) is 30.1 Å². The van der Waals surface area contributed by atoms with Crippen LogP contribution in [0.1, 0.15) is 20.9 Å². The summed E-state index contributed by atoms with van der Waals surface area (Å²) in [5.74, 6) is -0.211. The molecule has 1 aromatic heterocycles. The lowest BCUT2D eigenvalue weighted by Gasteiger charge is -2.09. The lowest BCUT2D eigenvalue weighted by atomic mass is 10.2. The van der Waals surface area contributed by atoms with Crippen LogP contribution in [0.3, 0.4) is 0 Å². The molecule has 0 saturated heterocycles. The Balaban J connectivity index is 1.80. The van der Waals surface area contributed by atoms with E-state index in [1.807, 2.05) is 0 Å². The zero-order valence-corrected chi connectivity index (χ0v) is 11.1. The van der Waals surface area contributed by atoms with Crippen molar-refractivity contribution in [2.45, 2.75) is 13.0 Å². The molecular weight excluding hydrogens is 260 g/mol. The molecule has 0 bridgehead atoms. The number of thiazole rings is 1. The maximum atomic E-state index is 12.1. The topological polar surface area (TPSA) is 80.0 Å². The predicted molar refractivity (Wildman–Crippen MR) is 76.3 cm³/mol. The lowest BCUT2D eigenvalue weighted by molar-refractivity contribution is 0.102. The number of aromatic nitrogens is 1. The summed E-state index contributed by atoms with van der Waals surface area (Å²) in [6.07, 6.45) is 0.912. The van der Waals surface area contributed by atoms with Gasteiger partial charge in [-0.15, -0.1) is 11.3 Å². The number of nitrogens with zero attached hydrogens (tertiary/aromatic N) is 1. The van der Waals surface area contributed by atoms with Crippen molar-refractivity contribution in [2.24, 2.45) is 0 Å². The summed E-state index contributed by atoms with van der Waals surface area (Å²) in [5, 5.41) is 6.74. The Morgan fingerprint density at radius 3 is 3.05 bits per heavy atom. The molecule has 1 aliphatic rings. The second kappa shape index (κ2) is 4.99. The Hall–Kier alpha value is -1.92. The van der Waals surface area contributed by atoms with Gasteiger partial charge in [0.15, 0.2) is 5.13 Å². The van der Waals surface area contributed by atoms with Crippen LogP contribution in [0.4, 0.5) is 10.8 Å². The van der Waals surface area contributed by atoms with Crippen molar-refractivity contribution in [3.05, 3.63) is 40.4 Å². The quantitative estimate of drug-likeness (QED) is 0.727. The molecule has 1 amide bonds. The maximum Gasteiger partial charge on any atom is 0.259 e. The molecule has 2 aromatic rings. The third-order valence-electron chi connectivity index (χ3n) is 3.03. The SMILES string of the molecule is Nc1ccccc1C(=O)Nc1nc2c(s1)CNCC2. The average Bonchev–Trinajstić information content (AvgIpc) is 2.81. The van der Waals surface area contributed by atoms with Gasteiger partial charge in [0.05, 0.1) is 11.3 Å². The Bertz CT molecular complexity index is 599. The van der Waals surface area contributed by atoms with Gasteiger partial charge in [0.1, 0.15) is 0 Å². The molecule has 0 atom stereocenters. The Morgan fingerprint density at radius 1 is 1.42 bits per heavy atom. The van der Waals surface area contributed by atoms with Gasteiger partial charge < -0.3 is 11.1 Å². The van der Waals surface area contributed by atoms with Gasteiger partial charge >= 0.3 is 0 Å². The second-order valence-corrected chi connectivity index (χ2v) is 5.44. The van der Waals surface area contributed by atoms with Gasteiger partial charge in [-0.05, 0) is 12.1 Å². The van der Waals surface area contributed by atoms with Crippen molar-refractivity contribution in [1.29, 1.82) is 0 Å². The molecule has 0 spiro atoms. The fraction of sp³-hybridized carbons (Fsp3) is 0.231. The zero-order valence-electron chi connectivity index (χ0n) is 10.3. The number of hydrogen-bond donors (Lipinski definition) is 3. The highest BCUT2D eigenvalue weighted by Crippen LogP contribution is 2.26. The molecule has 0 aliphatic carbocycles. The van der Waals surface area contributed by atoms with E-state index in [2.05, 4.69) is 15.6 Å². The van der Waals surface area contributed by atoms with E-state index in [4.69, 9.17) is 5.73 Å². The molecule has 3 rings (SSSR count). The summed E-state index contributed by atoms with van der Waals surface area (Å²) in [7, 11) is 0. The Labute approximate surface area is 114 Å². The second-order valence-electron chi connectivity index (χ2n) is 4.36.